The van der Waals surface area contributed by atoms with Gasteiger partial charge in [0.05, 0.1) is 6.07 Å². The zero-order chi connectivity index (χ0) is 10.7. The van der Waals surface area contributed by atoms with Gasteiger partial charge in [-0.05, 0) is 25.0 Å². The number of hydrogen-bond acceptors (Lipinski definition) is 1. The van der Waals surface area contributed by atoms with Gasteiger partial charge in [0, 0.05) is 12.0 Å². The van der Waals surface area contributed by atoms with Crippen molar-refractivity contribution in [2.45, 2.75) is 13.3 Å². The Morgan fingerprint density at radius 2 is 1.79 bits per heavy atom. The van der Waals surface area contributed by atoms with E-state index in [9.17, 15) is 13.2 Å². The lowest BCUT2D eigenvalue weighted by atomic mass is 10.0. The van der Waals surface area contributed by atoms with Crippen LogP contribution >= 0.6 is 0 Å². The number of hydrogen-bond donors (Lipinski definition) is 0. The van der Waals surface area contributed by atoms with Crippen LogP contribution in [0.1, 0.15) is 12.5 Å². The quantitative estimate of drug-likeness (QED) is 0.672. The van der Waals surface area contributed by atoms with Crippen molar-refractivity contribution in [2.24, 2.45) is 5.92 Å². The Balaban J connectivity index is 2.99. The number of halogens is 3. The molecule has 74 valence electrons. The first-order valence-electron chi connectivity index (χ1n) is 4.07. The van der Waals surface area contributed by atoms with Crippen molar-refractivity contribution in [1.29, 1.82) is 5.26 Å². The van der Waals surface area contributed by atoms with Crippen molar-refractivity contribution < 1.29 is 13.2 Å². The summed E-state index contributed by atoms with van der Waals surface area (Å²) in [6.07, 6.45) is 0.0829. The maximum absolute atomic E-state index is 13.0. The van der Waals surface area contributed by atoms with Crippen LogP contribution in [-0.4, -0.2) is 0 Å². The summed E-state index contributed by atoms with van der Waals surface area (Å²) in [5.41, 5.74) is 0.0259. The molecule has 1 aromatic rings. The Morgan fingerprint density at radius 3 is 2.36 bits per heavy atom. The van der Waals surface area contributed by atoms with Crippen molar-refractivity contribution >= 4 is 0 Å². The molecule has 0 aliphatic rings. The highest BCUT2D eigenvalue weighted by atomic mass is 19.2. The molecule has 1 nitrogen and oxygen atoms in total. The van der Waals surface area contributed by atoms with Gasteiger partial charge in [-0.15, -0.1) is 0 Å². The van der Waals surface area contributed by atoms with E-state index in [1.165, 1.54) is 0 Å². The van der Waals surface area contributed by atoms with Gasteiger partial charge in [0.25, 0.3) is 0 Å². The smallest absolute Gasteiger partial charge is 0.161 e. The van der Waals surface area contributed by atoms with Gasteiger partial charge in [-0.25, -0.2) is 13.2 Å². The highest BCUT2D eigenvalue weighted by molar-refractivity contribution is 5.21. The largest absolute Gasteiger partial charge is 0.207 e. The van der Waals surface area contributed by atoms with Gasteiger partial charge in [-0.3, -0.25) is 0 Å². The molecule has 0 aromatic heterocycles. The van der Waals surface area contributed by atoms with E-state index in [-0.39, 0.29) is 12.0 Å². The molecule has 0 radical (unpaired) electrons. The molecular formula is C10H8F3N. The van der Waals surface area contributed by atoms with Crippen LogP contribution in [-0.2, 0) is 6.42 Å². The molecule has 1 unspecified atom stereocenters. The Bertz CT molecular complexity index is 382. The van der Waals surface area contributed by atoms with Crippen LogP contribution < -0.4 is 0 Å². The Labute approximate surface area is 79.8 Å². The monoisotopic (exact) mass is 199 g/mol. The fourth-order valence-electron chi connectivity index (χ4n) is 1.10. The molecule has 0 saturated carbocycles. The van der Waals surface area contributed by atoms with Crippen LogP contribution in [0.3, 0.4) is 0 Å². The zero-order valence-electron chi connectivity index (χ0n) is 7.52. The Kier molecular flexibility index (Phi) is 3.13. The van der Waals surface area contributed by atoms with Crippen molar-refractivity contribution in [3.63, 3.8) is 0 Å². The van der Waals surface area contributed by atoms with Gasteiger partial charge in [-0.1, -0.05) is 0 Å². The van der Waals surface area contributed by atoms with E-state index >= 15 is 0 Å². The van der Waals surface area contributed by atoms with Gasteiger partial charge in [0.1, 0.15) is 5.82 Å². The molecule has 1 aromatic carbocycles. The third-order valence-electron chi connectivity index (χ3n) is 1.84. The average molecular weight is 199 g/mol. The third-order valence-corrected chi connectivity index (χ3v) is 1.84. The summed E-state index contributed by atoms with van der Waals surface area (Å²) in [4.78, 5) is 0. The Morgan fingerprint density at radius 1 is 1.21 bits per heavy atom. The second-order valence-electron chi connectivity index (χ2n) is 3.09. The summed E-state index contributed by atoms with van der Waals surface area (Å²) < 4.78 is 38.2. The molecule has 14 heavy (non-hydrogen) atoms. The zero-order valence-corrected chi connectivity index (χ0v) is 7.52. The molecular weight excluding hydrogens is 191 g/mol. The van der Waals surface area contributed by atoms with Crippen molar-refractivity contribution in [3.8, 4) is 6.07 Å². The number of nitriles is 1. The van der Waals surface area contributed by atoms with E-state index in [1.54, 1.807) is 6.92 Å². The standard InChI is InChI=1S/C10H8F3N/c1-6(5-14)2-7-3-9(12)10(13)4-8(7)11/h3-4,6H,2H2,1H3. The predicted molar refractivity (Wildman–Crippen MR) is 44.8 cm³/mol. The van der Waals surface area contributed by atoms with E-state index in [0.29, 0.717) is 6.07 Å². The van der Waals surface area contributed by atoms with Crippen LogP contribution in [0.4, 0.5) is 13.2 Å². The predicted octanol–water partition coefficient (Wildman–Crippen LogP) is 2.81. The van der Waals surface area contributed by atoms with Gasteiger partial charge < -0.3 is 0 Å². The molecule has 0 N–H and O–H groups in total. The molecule has 1 rings (SSSR count). The van der Waals surface area contributed by atoms with Crippen molar-refractivity contribution in [3.05, 3.63) is 35.1 Å². The van der Waals surface area contributed by atoms with E-state index in [2.05, 4.69) is 0 Å². The van der Waals surface area contributed by atoms with Gasteiger partial charge in [0.15, 0.2) is 11.6 Å². The van der Waals surface area contributed by atoms with Crippen LogP contribution in [0.2, 0.25) is 0 Å². The lowest BCUT2D eigenvalue weighted by molar-refractivity contribution is 0.487. The first kappa shape index (κ1) is 10.6. The van der Waals surface area contributed by atoms with E-state index in [1.807, 2.05) is 6.07 Å². The molecule has 4 heteroatoms. The number of benzene rings is 1. The van der Waals surface area contributed by atoms with Gasteiger partial charge in [-0.2, -0.15) is 5.26 Å². The lowest BCUT2D eigenvalue weighted by Crippen LogP contribution is -2.01. The summed E-state index contributed by atoms with van der Waals surface area (Å²) in [6, 6.07) is 3.18. The van der Waals surface area contributed by atoms with Crippen LogP contribution in [0.25, 0.3) is 0 Å². The maximum Gasteiger partial charge on any atom is 0.161 e. The first-order chi connectivity index (χ1) is 6.54. The first-order valence-corrected chi connectivity index (χ1v) is 4.07. The van der Waals surface area contributed by atoms with Gasteiger partial charge >= 0.3 is 0 Å². The number of rotatable bonds is 2. The topological polar surface area (TPSA) is 23.8 Å². The second-order valence-corrected chi connectivity index (χ2v) is 3.09. The molecule has 0 amide bonds. The van der Waals surface area contributed by atoms with Gasteiger partial charge in [0.2, 0.25) is 0 Å². The number of nitrogens with zero attached hydrogens (tertiary/aromatic N) is 1. The fourth-order valence-corrected chi connectivity index (χ4v) is 1.10. The van der Waals surface area contributed by atoms with E-state index < -0.39 is 23.4 Å². The van der Waals surface area contributed by atoms with E-state index in [4.69, 9.17) is 5.26 Å². The minimum atomic E-state index is -1.21. The van der Waals surface area contributed by atoms with Crippen LogP contribution in [0, 0.1) is 34.7 Å². The molecule has 1 atom stereocenters. The molecule has 0 aliphatic heterocycles. The third kappa shape index (κ3) is 2.25. The lowest BCUT2D eigenvalue weighted by Gasteiger charge is -2.04. The normalized spacial score (nSPS) is 12.2. The molecule has 0 spiro atoms. The van der Waals surface area contributed by atoms with E-state index in [0.717, 1.165) is 6.07 Å². The SMILES string of the molecule is CC(C#N)Cc1cc(F)c(F)cc1F. The minimum absolute atomic E-state index is 0.0259. The average Bonchev–Trinajstić information content (AvgIpc) is 2.14. The van der Waals surface area contributed by atoms with Crippen LogP contribution in [0.15, 0.2) is 12.1 Å². The molecule has 0 heterocycles. The Hall–Kier alpha value is -1.50. The summed E-state index contributed by atoms with van der Waals surface area (Å²) in [5.74, 6) is -3.54. The highest BCUT2D eigenvalue weighted by Gasteiger charge is 2.11. The fraction of sp³-hybridized carbons (Fsp3) is 0.300. The highest BCUT2D eigenvalue weighted by Crippen LogP contribution is 2.16. The summed E-state index contributed by atoms with van der Waals surface area (Å²) in [6.45, 7) is 1.58. The summed E-state index contributed by atoms with van der Waals surface area (Å²) in [7, 11) is 0. The van der Waals surface area contributed by atoms with Crippen molar-refractivity contribution in [1.82, 2.24) is 0 Å². The molecule has 0 saturated heterocycles. The molecule has 0 aliphatic carbocycles. The summed E-state index contributed by atoms with van der Waals surface area (Å²) >= 11 is 0. The van der Waals surface area contributed by atoms with Crippen LogP contribution in [0.5, 0.6) is 0 Å². The minimum Gasteiger partial charge on any atom is -0.207 e. The maximum atomic E-state index is 13.0. The molecule has 0 fully saturated rings. The summed E-state index contributed by atoms with van der Waals surface area (Å²) in [5, 5.41) is 8.47. The second kappa shape index (κ2) is 4.14. The molecule has 0 bridgehead atoms. The van der Waals surface area contributed by atoms with Crippen molar-refractivity contribution in [2.75, 3.05) is 0 Å².